The minimum absolute atomic E-state index is 0.0289. The third kappa shape index (κ3) is 6.28. The third-order valence-corrected chi connectivity index (χ3v) is 3.87. The van der Waals surface area contributed by atoms with Gasteiger partial charge in [0.1, 0.15) is 0 Å². The Balaban J connectivity index is 1.57. The van der Waals surface area contributed by atoms with Gasteiger partial charge in [0, 0.05) is 13.2 Å². The zero-order valence-electron chi connectivity index (χ0n) is 13.5. The molecule has 1 fully saturated rings. The number of ether oxygens (including phenoxy) is 1. The first-order chi connectivity index (χ1) is 11.1. The van der Waals surface area contributed by atoms with Gasteiger partial charge in [0.15, 0.2) is 0 Å². The van der Waals surface area contributed by atoms with Crippen LogP contribution >= 0.6 is 0 Å². The summed E-state index contributed by atoms with van der Waals surface area (Å²) in [5.74, 6) is -0.194. The van der Waals surface area contributed by atoms with Crippen LogP contribution < -0.4 is 16.0 Å². The maximum atomic E-state index is 11.8. The second-order valence-electron chi connectivity index (χ2n) is 5.75. The van der Waals surface area contributed by atoms with Crippen LogP contribution in [0, 0.1) is 0 Å². The highest BCUT2D eigenvalue weighted by Gasteiger charge is 2.23. The van der Waals surface area contributed by atoms with E-state index >= 15 is 0 Å². The summed E-state index contributed by atoms with van der Waals surface area (Å²) < 4.78 is 5.51. The number of nitrogens with one attached hydrogen (secondary N) is 3. The Bertz CT molecular complexity index is 501. The van der Waals surface area contributed by atoms with Gasteiger partial charge in [-0.3, -0.25) is 4.79 Å². The Morgan fingerprint density at radius 3 is 2.74 bits per heavy atom. The quantitative estimate of drug-likeness (QED) is 0.707. The molecule has 0 radical (unpaired) electrons. The third-order valence-electron chi connectivity index (χ3n) is 3.87. The largest absolute Gasteiger partial charge is 0.376 e. The van der Waals surface area contributed by atoms with Gasteiger partial charge in [-0.15, -0.1) is 0 Å². The molecule has 2 atom stereocenters. The zero-order valence-corrected chi connectivity index (χ0v) is 13.5. The average molecular weight is 319 g/mol. The van der Waals surface area contributed by atoms with Gasteiger partial charge in [0.05, 0.1) is 18.7 Å². The monoisotopic (exact) mass is 319 g/mol. The molecular weight excluding hydrogens is 294 g/mol. The van der Waals surface area contributed by atoms with Crippen molar-refractivity contribution in [2.24, 2.45) is 0 Å². The summed E-state index contributed by atoms with van der Waals surface area (Å²) in [4.78, 5) is 23.5. The van der Waals surface area contributed by atoms with Gasteiger partial charge in [0.2, 0.25) is 5.91 Å². The van der Waals surface area contributed by atoms with E-state index in [0.29, 0.717) is 6.54 Å². The first-order valence-corrected chi connectivity index (χ1v) is 8.12. The summed E-state index contributed by atoms with van der Waals surface area (Å²) >= 11 is 0. The highest BCUT2D eigenvalue weighted by Crippen LogP contribution is 2.15. The normalized spacial score (nSPS) is 18.2. The second-order valence-corrected chi connectivity index (χ2v) is 5.75. The predicted molar refractivity (Wildman–Crippen MR) is 88.1 cm³/mol. The van der Waals surface area contributed by atoms with Crippen LogP contribution in [0.25, 0.3) is 0 Å². The van der Waals surface area contributed by atoms with Crippen LogP contribution in [-0.2, 0) is 16.0 Å². The van der Waals surface area contributed by atoms with E-state index in [1.165, 1.54) is 5.56 Å². The van der Waals surface area contributed by atoms with Crippen LogP contribution in [0.15, 0.2) is 30.3 Å². The molecule has 1 saturated heterocycles. The number of carbonyl (C=O) groups excluding carboxylic acids is 2. The molecule has 1 heterocycles. The molecule has 126 valence electrons. The SMILES string of the molecule is C[C@@H](NC(=O)NCC(=O)NCCc1ccccc1)[C@H]1CCCO1. The lowest BCUT2D eigenvalue weighted by Gasteiger charge is -2.20. The van der Waals surface area contributed by atoms with Crippen molar-refractivity contribution in [3.8, 4) is 0 Å². The van der Waals surface area contributed by atoms with Crippen molar-refractivity contribution >= 4 is 11.9 Å². The van der Waals surface area contributed by atoms with Gasteiger partial charge < -0.3 is 20.7 Å². The van der Waals surface area contributed by atoms with Gasteiger partial charge in [-0.25, -0.2) is 4.79 Å². The molecule has 0 aromatic heterocycles. The molecule has 1 aromatic carbocycles. The Morgan fingerprint density at radius 2 is 2.04 bits per heavy atom. The topological polar surface area (TPSA) is 79.5 Å². The van der Waals surface area contributed by atoms with Gasteiger partial charge in [-0.2, -0.15) is 0 Å². The van der Waals surface area contributed by atoms with Crippen molar-refractivity contribution in [1.29, 1.82) is 0 Å². The lowest BCUT2D eigenvalue weighted by Crippen LogP contribution is -2.48. The van der Waals surface area contributed by atoms with Crippen molar-refractivity contribution in [3.05, 3.63) is 35.9 Å². The smallest absolute Gasteiger partial charge is 0.315 e. The summed E-state index contributed by atoms with van der Waals surface area (Å²) in [7, 11) is 0. The molecule has 3 amide bonds. The fourth-order valence-electron chi connectivity index (χ4n) is 2.56. The molecule has 6 nitrogen and oxygen atoms in total. The van der Waals surface area contributed by atoms with Crippen molar-refractivity contribution in [3.63, 3.8) is 0 Å². The standard InChI is InChI=1S/C17H25N3O3/c1-13(15-8-5-11-23-15)20-17(22)19-12-16(21)18-10-9-14-6-3-2-4-7-14/h2-4,6-7,13,15H,5,8-12H2,1H3,(H,18,21)(H2,19,20,22)/t13-,15-/m1/s1. The minimum Gasteiger partial charge on any atom is -0.376 e. The maximum Gasteiger partial charge on any atom is 0.315 e. The number of urea groups is 1. The molecule has 1 aliphatic rings. The lowest BCUT2D eigenvalue weighted by atomic mass is 10.1. The van der Waals surface area contributed by atoms with Crippen molar-refractivity contribution < 1.29 is 14.3 Å². The highest BCUT2D eigenvalue weighted by atomic mass is 16.5. The van der Waals surface area contributed by atoms with Crippen molar-refractivity contribution in [2.45, 2.75) is 38.3 Å². The molecule has 0 saturated carbocycles. The number of hydrogen-bond acceptors (Lipinski definition) is 3. The maximum absolute atomic E-state index is 11.8. The van der Waals surface area contributed by atoms with E-state index in [2.05, 4.69) is 16.0 Å². The van der Waals surface area contributed by atoms with E-state index in [1.807, 2.05) is 37.3 Å². The Morgan fingerprint density at radius 1 is 1.26 bits per heavy atom. The van der Waals surface area contributed by atoms with E-state index in [0.717, 1.165) is 25.9 Å². The Hall–Kier alpha value is -2.08. The summed E-state index contributed by atoms with van der Waals surface area (Å²) in [6.45, 7) is 3.19. The van der Waals surface area contributed by atoms with E-state index < -0.39 is 0 Å². The lowest BCUT2D eigenvalue weighted by molar-refractivity contribution is -0.120. The van der Waals surface area contributed by atoms with Gasteiger partial charge in [-0.1, -0.05) is 30.3 Å². The van der Waals surface area contributed by atoms with Crippen molar-refractivity contribution in [2.75, 3.05) is 19.7 Å². The van der Waals surface area contributed by atoms with Crippen LogP contribution in [0.2, 0.25) is 0 Å². The molecular formula is C17H25N3O3. The van der Waals surface area contributed by atoms with E-state index in [1.54, 1.807) is 0 Å². The van der Waals surface area contributed by atoms with E-state index in [-0.39, 0.29) is 30.6 Å². The summed E-state index contributed by atoms with van der Waals surface area (Å²) in [6, 6.07) is 9.54. The van der Waals surface area contributed by atoms with Crippen LogP contribution in [0.1, 0.15) is 25.3 Å². The highest BCUT2D eigenvalue weighted by molar-refractivity contribution is 5.83. The molecule has 0 spiro atoms. The predicted octanol–water partition coefficient (Wildman–Crippen LogP) is 1.21. The minimum atomic E-state index is -0.341. The molecule has 0 unspecified atom stereocenters. The zero-order chi connectivity index (χ0) is 16.5. The Kier molecular flexibility index (Phi) is 6.87. The molecule has 1 aromatic rings. The first-order valence-electron chi connectivity index (χ1n) is 8.12. The molecule has 3 N–H and O–H groups in total. The summed E-state index contributed by atoms with van der Waals surface area (Å²) in [5.41, 5.74) is 1.17. The molecule has 2 rings (SSSR count). The number of rotatable bonds is 7. The number of carbonyl (C=O) groups is 2. The van der Waals surface area contributed by atoms with Crippen LogP contribution in [0.5, 0.6) is 0 Å². The molecule has 1 aliphatic heterocycles. The van der Waals surface area contributed by atoms with Crippen LogP contribution in [0.3, 0.4) is 0 Å². The number of amides is 3. The molecule has 23 heavy (non-hydrogen) atoms. The summed E-state index contributed by atoms with van der Waals surface area (Å²) in [5, 5.41) is 8.16. The number of benzene rings is 1. The number of hydrogen-bond donors (Lipinski definition) is 3. The molecule has 6 heteroatoms. The average Bonchev–Trinajstić information content (AvgIpc) is 3.08. The van der Waals surface area contributed by atoms with Gasteiger partial charge in [0.25, 0.3) is 0 Å². The molecule has 0 aliphatic carbocycles. The van der Waals surface area contributed by atoms with Gasteiger partial charge in [-0.05, 0) is 31.7 Å². The Labute approximate surface area is 137 Å². The van der Waals surface area contributed by atoms with E-state index in [9.17, 15) is 9.59 Å². The van der Waals surface area contributed by atoms with Crippen LogP contribution in [0.4, 0.5) is 4.79 Å². The van der Waals surface area contributed by atoms with Crippen LogP contribution in [-0.4, -0.2) is 43.8 Å². The molecule has 0 bridgehead atoms. The van der Waals surface area contributed by atoms with E-state index in [4.69, 9.17) is 4.74 Å². The first kappa shape index (κ1) is 17.3. The fourth-order valence-corrected chi connectivity index (χ4v) is 2.56. The fraction of sp³-hybridized carbons (Fsp3) is 0.529. The van der Waals surface area contributed by atoms with Gasteiger partial charge >= 0.3 is 6.03 Å². The van der Waals surface area contributed by atoms with Crippen molar-refractivity contribution in [1.82, 2.24) is 16.0 Å². The summed E-state index contributed by atoms with van der Waals surface area (Å²) in [6.07, 6.45) is 2.83. The second kappa shape index (κ2) is 9.15.